The van der Waals surface area contributed by atoms with E-state index in [9.17, 15) is 28.1 Å². The molecule has 10 heteroatoms. The van der Waals surface area contributed by atoms with Gasteiger partial charge in [0.05, 0.1) is 22.4 Å². The molecule has 3 aromatic rings. The summed E-state index contributed by atoms with van der Waals surface area (Å²) in [6.07, 6.45) is -4.06. The second-order valence-corrected chi connectivity index (χ2v) is 6.34. The van der Waals surface area contributed by atoms with Crippen LogP contribution in [0.2, 0.25) is 0 Å². The number of nitro benzene ring substituents is 1. The monoisotopic (exact) mass is 404 g/mol. The molecule has 3 rings (SSSR count). The Bertz CT molecular complexity index is 1090. The van der Waals surface area contributed by atoms with Gasteiger partial charge < -0.3 is 5.32 Å². The first kappa shape index (κ1) is 20.1. The molecule has 2 aromatic carbocycles. The van der Waals surface area contributed by atoms with E-state index in [1.54, 1.807) is 18.2 Å². The van der Waals surface area contributed by atoms with Crippen molar-refractivity contribution in [3.63, 3.8) is 0 Å². The third-order valence-electron chi connectivity index (χ3n) is 4.35. The van der Waals surface area contributed by atoms with Crippen molar-refractivity contribution in [2.45, 2.75) is 20.0 Å². The number of hydrogen-bond acceptors (Lipinski definition) is 4. The van der Waals surface area contributed by atoms with Crippen molar-refractivity contribution in [3.05, 3.63) is 81.2 Å². The Morgan fingerprint density at radius 3 is 2.31 bits per heavy atom. The molecule has 0 atom stereocenters. The number of amides is 1. The lowest BCUT2D eigenvalue weighted by atomic mass is 10.1. The fourth-order valence-electron chi connectivity index (χ4n) is 2.72. The average molecular weight is 404 g/mol. The van der Waals surface area contributed by atoms with Crippen molar-refractivity contribution in [1.29, 1.82) is 0 Å². The topological polar surface area (TPSA) is 90.1 Å². The predicted molar refractivity (Wildman–Crippen MR) is 99.1 cm³/mol. The van der Waals surface area contributed by atoms with E-state index in [-0.39, 0.29) is 11.4 Å². The van der Waals surface area contributed by atoms with Crippen LogP contribution in [0.4, 0.5) is 24.5 Å². The summed E-state index contributed by atoms with van der Waals surface area (Å²) in [5, 5.41) is 16.9. The first-order chi connectivity index (χ1) is 13.6. The van der Waals surface area contributed by atoms with Crippen LogP contribution >= 0.6 is 0 Å². The highest BCUT2D eigenvalue weighted by Gasteiger charge is 2.40. The largest absolute Gasteiger partial charge is 0.434 e. The van der Waals surface area contributed by atoms with Gasteiger partial charge in [0.25, 0.3) is 11.6 Å². The third kappa shape index (κ3) is 4.10. The molecule has 0 aliphatic rings. The third-order valence-corrected chi connectivity index (χ3v) is 4.35. The first-order valence-electron chi connectivity index (χ1n) is 8.36. The van der Waals surface area contributed by atoms with Crippen molar-refractivity contribution in [2.24, 2.45) is 0 Å². The summed E-state index contributed by atoms with van der Waals surface area (Å²) in [5.74, 6) is -0.964. The zero-order valence-electron chi connectivity index (χ0n) is 15.3. The summed E-state index contributed by atoms with van der Waals surface area (Å²) in [7, 11) is 0. The van der Waals surface area contributed by atoms with Crippen LogP contribution in [0.1, 0.15) is 27.2 Å². The maximum absolute atomic E-state index is 13.7. The van der Waals surface area contributed by atoms with E-state index in [1.807, 2.05) is 13.8 Å². The van der Waals surface area contributed by atoms with Crippen LogP contribution in [0.3, 0.4) is 0 Å². The number of non-ortho nitro benzene ring substituents is 1. The fraction of sp³-hybridized carbons (Fsp3) is 0.158. The number of nitrogens with one attached hydrogen (secondary N) is 1. The van der Waals surface area contributed by atoms with E-state index in [1.165, 1.54) is 0 Å². The van der Waals surface area contributed by atoms with Crippen LogP contribution in [0, 0.1) is 24.0 Å². The highest BCUT2D eigenvalue weighted by atomic mass is 19.4. The number of halogens is 3. The average Bonchev–Trinajstić information content (AvgIpc) is 3.10. The molecular weight excluding hydrogens is 389 g/mol. The van der Waals surface area contributed by atoms with Gasteiger partial charge in [-0.3, -0.25) is 14.9 Å². The molecule has 0 unspecified atom stereocenters. The minimum absolute atomic E-state index is 0.0619. The van der Waals surface area contributed by atoms with Gasteiger partial charge in [0, 0.05) is 17.8 Å². The van der Waals surface area contributed by atoms with Crippen molar-refractivity contribution >= 4 is 17.3 Å². The van der Waals surface area contributed by atoms with Crippen LogP contribution < -0.4 is 5.32 Å². The number of anilines is 1. The van der Waals surface area contributed by atoms with E-state index >= 15 is 0 Å². The Balaban J connectivity index is 2.00. The molecule has 7 nitrogen and oxygen atoms in total. The lowest BCUT2D eigenvalue weighted by Gasteiger charge is -2.13. The minimum Gasteiger partial charge on any atom is -0.322 e. The number of hydrogen-bond donors (Lipinski definition) is 1. The quantitative estimate of drug-likeness (QED) is 0.506. The molecule has 1 N–H and O–H groups in total. The molecule has 0 fully saturated rings. The van der Waals surface area contributed by atoms with Crippen molar-refractivity contribution in [3.8, 4) is 5.69 Å². The molecule has 0 bridgehead atoms. The Hall–Kier alpha value is -3.69. The van der Waals surface area contributed by atoms with E-state index in [4.69, 9.17) is 0 Å². The first-order valence-corrected chi connectivity index (χ1v) is 8.36. The van der Waals surface area contributed by atoms with Crippen LogP contribution in [-0.2, 0) is 6.18 Å². The Morgan fingerprint density at radius 2 is 1.76 bits per heavy atom. The lowest BCUT2D eigenvalue weighted by Crippen LogP contribution is -2.20. The number of rotatable bonds is 4. The van der Waals surface area contributed by atoms with Gasteiger partial charge in [-0.25, -0.2) is 4.68 Å². The van der Waals surface area contributed by atoms with Crippen LogP contribution in [0.5, 0.6) is 0 Å². The molecule has 150 valence electrons. The van der Waals surface area contributed by atoms with Crippen molar-refractivity contribution in [1.82, 2.24) is 9.78 Å². The van der Waals surface area contributed by atoms with Crippen LogP contribution in [0.25, 0.3) is 5.69 Å². The standard InChI is InChI=1S/C19H15F3N4O3/c1-11-3-4-13(9-12(11)2)24-18(27)16-10-23-25(17(16)19(20,21)22)14-5-7-15(8-6-14)26(28)29/h3-10H,1-2H3,(H,24,27). The molecule has 0 aliphatic carbocycles. The van der Waals surface area contributed by atoms with Crippen LogP contribution in [-0.4, -0.2) is 20.6 Å². The van der Waals surface area contributed by atoms with Gasteiger partial charge in [-0.15, -0.1) is 0 Å². The smallest absolute Gasteiger partial charge is 0.322 e. The highest BCUT2D eigenvalue weighted by Crippen LogP contribution is 2.34. The molecule has 1 aromatic heterocycles. The van der Waals surface area contributed by atoms with Gasteiger partial charge in [0.2, 0.25) is 0 Å². The summed E-state index contributed by atoms with van der Waals surface area (Å²) in [4.78, 5) is 22.6. The van der Waals surface area contributed by atoms with Crippen molar-refractivity contribution in [2.75, 3.05) is 5.32 Å². The molecule has 29 heavy (non-hydrogen) atoms. The number of nitrogens with zero attached hydrogens (tertiary/aromatic N) is 3. The van der Waals surface area contributed by atoms with Crippen molar-refractivity contribution < 1.29 is 22.9 Å². The van der Waals surface area contributed by atoms with E-state index in [0.29, 0.717) is 10.4 Å². The lowest BCUT2D eigenvalue weighted by molar-refractivity contribution is -0.384. The van der Waals surface area contributed by atoms with Gasteiger partial charge >= 0.3 is 6.18 Å². The molecule has 0 saturated carbocycles. The SMILES string of the molecule is Cc1ccc(NC(=O)c2cnn(-c3ccc([N+](=O)[O-])cc3)c2C(F)(F)F)cc1C. The fourth-order valence-corrected chi connectivity index (χ4v) is 2.72. The summed E-state index contributed by atoms with van der Waals surface area (Å²) >= 11 is 0. The molecule has 0 aliphatic heterocycles. The molecule has 1 heterocycles. The number of carbonyl (C=O) groups excluding carboxylic acids is 1. The number of nitro groups is 1. The normalized spacial score (nSPS) is 11.3. The minimum atomic E-state index is -4.88. The predicted octanol–water partition coefficient (Wildman–Crippen LogP) is 4.67. The van der Waals surface area contributed by atoms with E-state index in [0.717, 1.165) is 41.6 Å². The van der Waals surface area contributed by atoms with E-state index < -0.39 is 28.3 Å². The number of aryl methyl sites for hydroxylation is 2. The zero-order chi connectivity index (χ0) is 21.3. The summed E-state index contributed by atoms with van der Waals surface area (Å²) in [5.41, 5.74) is -0.0585. The maximum Gasteiger partial charge on any atom is 0.434 e. The molecule has 0 saturated heterocycles. The Morgan fingerprint density at radius 1 is 1.10 bits per heavy atom. The van der Waals surface area contributed by atoms with E-state index in [2.05, 4.69) is 10.4 Å². The molecule has 0 radical (unpaired) electrons. The molecular formula is C19H15F3N4O3. The summed E-state index contributed by atoms with van der Waals surface area (Å²) < 4.78 is 41.6. The number of alkyl halides is 3. The number of carbonyl (C=O) groups is 1. The van der Waals surface area contributed by atoms with Gasteiger partial charge in [-0.1, -0.05) is 6.07 Å². The number of aromatic nitrogens is 2. The number of benzene rings is 2. The zero-order valence-corrected chi connectivity index (χ0v) is 15.3. The molecule has 1 amide bonds. The Kier molecular flexibility index (Phi) is 5.10. The second kappa shape index (κ2) is 7.38. The van der Waals surface area contributed by atoms with Crippen LogP contribution in [0.15, 0.2) is 48.7 Å². The van der Waals surface area contributed by atoms with Gasteiger partial charge in [0.15, 0.2) is 5.69 Å². The Labute approximate surface area is 162 Å². The van der Waals surface area contributed by atoms with Gasteiger partial charge in [-0.2, -0.15) is 18.3 Å². The molecule has 0 spiro atoms. The maximum atomic E-state index is 13.7. The summed E-state index contributed by atoms with van der Waals surface area (Å²) in [6, 6.07) is 9.38. The van der Waals surface area contributed by atoms with Gasteiger partial charge in [0.1, 0.15) is 0 Å². The summed E-state index contributed by atoms with van der Waals surface area (Å²) in [6.45, 7) is 3.69. The van der Waals surface area contributed by atoms with Gasteiger partial charge in [-0.05, 0) is 49.2 Å². The second-order valence-electron chi connectivity index (χ2n) is 6.34. The highest BCUT2D eigenvalue weighted by molar-refractivity contribution is 6.05.